The topological polar surface area (TPSA) is 63.6 Å². The first-order valence-corrected chi connectivity index (χ1v) is 7.77. The van der Waals surface area contributed by atoms with Crippen molar-refractivity contribution < 1.29 is 37.0 Å². The third-order valence-corrected chi connectivity index (χ3v) is 3.53. The van der Waals surface area contributed by atoms with Crippen LogP contribution in [0.2, 0.25) is 0 Å². The van der Waals surface area contributed by atoms with Crippen LogP contribution in [-0.2, 0) is 4.74 Å². The molecule has 0 heterocycles. The first kappa shape index (κ1) is 21.1. The SMILES string of the molecule is COC(=O)c1c(F)cc(Br)cc1F.O=C(O)c1c(F)cc(Br)cc1F. The van der Waals surface area contributed by atoms with Crippen molar-refractivity contribution in [2.45, 2.75) is 0 Å². The van der Waals surface area contributed by atoms with Crippen LogP contribution in [0.5, 0.6) is 0 Å². The van der Waals surface area contributed by atoms with E-state index in [0.29, 0.717) is 0 Å². The molecule has 10 heteroatoms. The summed E-state index contributed by atoms with van der Waals surface area (Å²) in [7, 11) is 1.06. The fourth-order valence-corrected chi connectivity index (χ4v) is 2.39. The predicted octanol–water partition coefficient (Wildman–Crippen LogP) is 4.94. The summed E-state index contributed by atoms with van der Waals surface area (Å²) in [4.78, 5) is 21.1. The molecule has 134 valence electrons. The largest absolute Gasteiger partial charge is 0.477 e. The molecular weight excluding hydrogens is 480 g/mol. The lowest BCUT2D eigenvalue weighted by Crippen LogP contribution is -2.07. The molecule has 0 fully saturated rings. The second-order valence-corrected chi connectivity index (χ2v) is 6.12. The Kier molecular flexibility index (Phi) is 7.56. The van der Waals surface area contributed by atoms with Crippen LogP contribution in [-0.4, -0.2) is 24.2 Å². The van der Waals surface area contributed by atoms with Crippen molar-refractivity contribution >= 4 is 43.8 Å². The highest BCUT2D eigenvalue weighted by atomic mass is 79.9. The van der Waals surface area contributed by atoms with Crippen molar-refractivity contribution in [3.8, 4) is 0 Å². The van der Waals surface area contributed by atoms with Gasteiger partial charge < -0.3 is 9.84 Å². The van der Waals surface area contributed by atoms with Gasteiger partial charge in [0.2, 0.25) is 0 Å². The van der Waals surface area contributed by atoms with Gasteiger partial charge in [0.1, 0.15) is 34.4 Å². The molecule has 0 aliphatic heterocycles. The van der Waals surface area contributed by atoms with Gasteiger partial charge in [0.15, 0.2) is 0 Å². The Morgan fingerprint density at radius 2 is 1.16 bits per heavy atom. The summed E-state index contributed by atoms with van der Waals surface area (Å²) in [5.41, 5.74) is -1.61. The number of hydrogen-bond acceptors (Lipinski definition) is 3. The Balaban J connectivity index is 0.000000251. The van der Waals surface area contributed by atoms with Gasteiger partial charge in [-0.2, -0.15) is 0 Å². The maximum absolute atomic E-state index is 13.0. The van der Waals surface area contributed by atoms with E-state index in [1.807, 2.05) is 0 Å². The minimum atomic E-state index is -1.61. The number of methoxy groups -OCH3 is 1. The van der Waals surface area contributed by atoms with Crippen molar-refractivity contribution in [1.82, 2.24) is 0 Å². The van der Waals surface area contributed by atoms with Crippen molar-refractivity contribution in [2.75, 3.05) is 7.11 Å². The van der Waals surface area contributed by atoms with Gasteiger partial charge in [-0.3, -0.25) is 0 Å². The van der Waals surface area contributed by atoms with Gasteiger partial charge in [-0.25, -0.2) is 27.2 Å². The molecule has 0 aromatic heterocycles. The summed E-state index contributed by atoms with van der Waals surface area (Å²) in [6, 6.07) is 3.78. The molecule has 0 radical (unpaired) electrons. The summed E-state index contributed by atoms with van der Waals surface area (Å²) < 4.78 is 56.0. The number of hydrogen-bond donors (Lipinski definition) is 1. The number of halogens is 6. The molecule has 0 saturated carbocycles. The highest BCUT2D eigenvalue weighted by Gasteiger charge is 2.18. The van der Waals surface area contributed by atoms with E-state index in [-0.39, 0.29) is 8.95 Å². The van der Waals surface area contributed by atoms with Crippen LogP contribution < -0.4 is 0 Å². The zero-order valence-corrected chi connectivity index (χ0v) is 15.4. The number of carbonyl (C=O) groups excluding carboxylic acids is 1. The molecular formula is C15H8Br2F4O4. The van der Waals surface area contributed by atoms with Crippen LogP contribution >= 0.6 is 31.9 Å². The fraction of sp³-hybridized carbons (Fsp3) is 0.0667. The van der Waals surface area contributed by atoms with Crippen molar-refractivity contribution in [3.63, 3.8) is 0 Å². The fourth-order valence-electron chi connectivity index (χ4n) is 1.59. The molecule has 2 rings (SSSR count). The van der Waals surface area contributed by atoms with Crippen LogP contribution in [0.1, 0.15) is 20.7 Å². The average molecular weight is 488 g/mol. The zero-order valence-electron chi connectivity index (χ0n) is 12.2. The molecule has 2 aromatic rings. The van der Waals surface area contributed by atoms with Gasteiger partial charge in [0.25, 0.3) is 0 Å². The van der Waals surface area contributed by atoms with E-state index in [1.54, 1.807) is 0 Å². The van der Waals surface area contributed by atoms with Gasteiger partial charge in [-0.1, -0.05) is 31.9 Å². The summed E-state index contributed by atoms with van der Waals surface area (Å²) in [6.07, 6.45) is 0. The lowest BCUT2D eigenvalue weighted by atomic mass is 10.2. The van der Waals surface area contributed by atoms with Crippen LogP contribution in [0.25, 0.3) is 0 Å². The number of ether oxygens (including phenoxy) is 1. The molecule has 0 saturated heterocycles. The Hall–Kier alpha value is -1.94. The molecule has 0 unspecified atom stereocenters. The Bertz CT molecular complexity index is 781. The van der Waals surface area contributed by atoms with E-state index in [9.17, 15) is 27.2 Å². The molecule has 0 amide bonds. The molecule has 0 bridgehead atoms. The van der Waals surface area contributed by atoms with Crippen molar-refractivity contribution in [3.05, 3.63) is 67.6 Å². The third kappa shape index (κ3) is 5.53. The minimum absolute atomic E-state index is 0.169. The molecule has 0 atom stereocenters. The Morgan fingerprint density at radius 3 is 1.44 bits per heavy atom. The van der Waals surface area contributed by atoms with Gasteiger partial charge in [0, 0.05) is 8.95 Å². The van der Waals surface area contributed by atoms with Gasteiger partial charge >= 0.3 is 11.9 Å². The summed E-state index contributed by atoms with van der Waals surface area (Å²) in [6.45, 7) is 0. The van der Waals surface area contributed by atoms with E-state index in [2.05, 4.69) is 36.6 Å². The number of carboxylic acids is 1. The third-order valence-electron chi connectivity index (χ3n) is 2.62. The van der Waals surface area contributed by atoms with E-state index in [4.69, 9.17) is 5.11 Å². The van der Waals surface area contributed by atoms with E-state index >= 15 is 0 Å². The second-order valence-electron chi connectivity index (χ2n) is 4.29. The smallest absolute Gasteiger partial charge is 0.343 e. The first-order valence-electron chi connectivity index (χ1n) is 6.19. The van der Waals surface area contributed by atoms with Crippen LogP contribution in [0.15, 0.2) is 33.2 Å². The normalized spacial score (nSPS) is 9.88. The highest BCUT2D eigenvalue weighted by molar-refractivity contribution is 9.10. The number of rotatable bonds is 2. The minimum Gasteiger partial charge on any atom is -0.477 e. The van der Waals surface area contributed by atoms with Gasteiger partial charge in [0.05, 0.1) is 7.11 Å². The maximum atomic E-state index is 13.0. The molecule has 0 aliphatic rings. The average Bonchev–Trinajstić information content (AvgIpc) is 2.44. The number of aromatic carboxylic acids is 1. The lowest BCUT2D eigenvalue weighted by Gasteiger charge is -2.02. The molecule has 4 nitrogen and oxygen atoms in total. The number of carboxylic acid groups (broad SMARTS) is 1. The van der Waals surface area contributed by atoms with Crippen LogP contribution in [0.3, 0.4) is 0 Å². The number of benzene rings is 2. The Labute approximate surface area is 155 Å². The summed E-state index contributed by atoms with van der Waals surface area (Å²) in [5, 5.41) is 8.34. The second kappa shape index (κ2) is 8.95. The van der Waals surface area contributed by atoms with Crippen LogP contribution in [0, 0.1) is 23.3 Å². The summed E-state index contributed by atoms with van der Waals surface area (Å²) >= 11 is 5.71. The Morgan fingerprint density at radius 1 is 0.840 bits per heavy atom. The number of carbonyl (C=O) groups is 2. The van der Waals surface area contributed by atoms with Gasteiger partial charge in [-0.15, -0.1) is 0 Å². The highest BCUT2D eigenvalue weighted by Crippen LogP contribution is 2.20. The molecule has 25 heavy (non-hydrogen) atoms. The molecule has 0 aliphatic carbocycles. The van der Waals surface area contributed by atoms with Crippen LogP contribution in [0.4, 0.5) is 17.6 Å². The first-order chi connectivity index (χ1) is 11.6. The quantitative estimate of drug-likeness (QED) is 0.481. The van der Waals surface area contributed by atoms with E-state index in [1.165, 1.54) is 0 Å². The summed E-state index contributed by atoms with van der Waals surface area (Å²) in [5.74, 6) is -6.71. The molecule has 1 N–H and O–H groups in total. The van der Waals surface area contributed by atoms with Crippen molar-refractivity contribution in [2.24, 2.45) is 0 Å². The predicted molar refractivity (Wildman–Crippen MR) is 86.4 cm³/mol. The van der Waals surface area contributed by atoms with Crippen molar-refractivity contribution in [1.29, 1.82) is 0 Å². The number of esters is 1. The molecule has 0 spiro atoms. The standard InChI is InChI=1S/C8H5BrF2O2.C7H3BrF2O2/c1-13-8(12)7-5(10)2-4(9)3-6(7)11;8-3-1-4(9)6(7(11)12)5(10)2-3/h2-3H,1H3;1-2H,(H,11,12). The zero-order chi connectivity index (χ0) is 19.3. The van der Waals surface area contributed by atoms with Gasteiger partial charge in [-0.05, 0) is 24.3 Å². The molecule has 2 aromatic carbocycles. The monoisotopic (exact) mass is 486 g/mol. The van der Waals surface area contributed by atoms with E-state index in [0.717, 1.165) is 31.4 Å². The lowest BCUT2D eigenvalue weighted by molar-refractivity contribution is 0.0588. The van der Waals surface area contributed by atoms with E-state index < -0.39 is 46.3 Å². The maximum Gasteiger partial charge on any atom is 0.343 e.